The fraction of sp³-hybridized carbons (Fsp3) is 0.150. The number of carbonyl (C=O) groups excluding carboxylic acids is 1. The van der Waals surface area contributed by atoms with E-state index < -0.39 is 0 Å². The standard InChI is InChI=1S/C20H20N4O/c1-15-12-16(2)24(23-15)14-20(25)22-21-13-17-8-10-19(11-9-17)18-6-4-3-5-7-18/h3-13H,14H2,1-2H3,(H,22,25)/b21-13-. The zero-order valence-electron chi connectivity index (χ0n) is 14.3. The zero-order chi connectivity index (χ0) is 17.6. The lowest BCUT2D eigenvalue weighted by molar-refractivity contribution is -0.121. The van der Waals surface area contributed by atoms with E-state index in [2.05, 4.69) is 27.8 Å². The first-order valence-electron chi connectivity index (χ1n) is 8.10. The summed E-state index contributed by atoms with van der Waals surface area (Å²) >= 11 is 0. The SMILES string of the molecule is Cc1cc(C)n(CC(=O)N/N=C\c2ccc(-c3ccccc3)cc2)n1. The van der Waals surface area contributed by atoms with Crippen molar-refractivity contribution in [1.29, 1.82) is 0 Å². The van der Waals surface area contributed by atoms with Crippen LogP contribution >= 0.6 is 0 Å². The number of rotatable bonds is 5. The minimum absolute atomic E-state index is 0.157. The molecule has 1 amide bonds. The largest absolute Gasteiger partial charge is 0.271 e. The van der Waals surface area contributed by atoms with Crippen LogP contribution in [0.4, 0.5) is 0 Å². The molecule has 0 fully saturated rings. The molecular weight excluding hydrogens is 312 g/mol. The zero-order valence-corrected chi connectivity index (χ0v) is 14.3. The van der Waals surface area contributed by atoms with Gasteiger partial charge in [0.25, 0.3) is 5.91 Å². The van der Waals surface area contributed by atoms with Gasteiger partial charge in [0.1, 0.15) is 6.54 Å². The molecule has 3 rings (SSSR count). The van der Waals surface area contributed by atoms with Gasteiger partial charge in [0.15, 0.2) is 0 Å². The van der Waals surface area contributed by atoms with Crippen LogP contribution in [0.25, 0.3) is 11.1 Å². The molecule has 126 valence electrons. The fourth-order valence-corrected chi connectivity index (χ4v) is 2.58. The van der Waals surface area contributed by atoms with Crippen molar-refractivity contribution in [3.05, 3.63) is 77.6 Å². The van der Waals surface area contributed by atoms with Gasteiger partial charge in [0.2, 0.25) is 0 Å². The first-order chi connectivity index (χ1) is 12.1. The van der Waals surface area contributed by atoms with Gasteiger partial charge < -0.3 is 0 Å². The smallest absolute Gasteiger partial charge is 0.261 e. The Balaban J connectivity index is 1.57. The van der Waals surface area contributed by atoms with Gasteiger partial charge in [-0.15, -0.1) is 0 Å². The molecule has 25 heavy (non-hydrogen) atoms. The van der Waals surface area contributed by atoms with Crippen molar-refractivity contribution in [3.8, 4) is 11.1 Å². The summed E-state index contributed by atoms with van der Waals surface area (Å²) in [6, 6.07) is 20.1. The van der Waals surface area contributed by atoms with E-state index in [1.165, 1.54) is 5.56 Å². The Morgan fingerprint density at radius 1 is 1.08 bits per heavy atom. The van der Waals surface area contributed by atoms with Crippen LogP contribution in [0.5, 0.6) is 0 Å². The second kappa shape index (κ2) is 7.57. The van der Waals surface area contributed by atoms with E-state index in [-0.39, 0.29) is 12.5 Å². The normalized spacial score (nSPS) is 11.0. The van der Waals surface area contributed by atoms with E-state index >= 15 is 0 Å². The first kappa shape index (κ1) is 16.6. The highest BCUT2D eigenvalue weighted by molar-refractivity contribution is 5.83. The number of hydrogen-bond donors (Lipinski definition) is 1. The van der Waals surface area contributed by atoms with E-state index in [9.17, 15) is 4.79 Å². The van der Waals surface area contributed by atoms with Crippen LogP contribution in [0.1, 0.15) is 17.0 Å². The van der Waals surface area contributed by atoms with E-state index in [0.717, 1.165) is 22.5 Å². The van der Waals surface area contributed by atoms with Crippen molar-refractivity contribution in [2.45, 2.75) is 20.4 Å². The maximum absolute atomic E-state index is 11.9. The Kier molecular flexibility index (Phi) is 5.04. The topological polar surface area (TPSA) is 59.3 Å². The van der Waals surface area contributed by atoms with Crippen molar-refractivity contribution in [1.82, 2.24) is 15.2 Å². The summed E-state index contributed by atoms with van der Waals surface area (Å²) in [7, 11) is 0. The predicted octanol–water partition coefficient (Wildman–Crippen LogP) is 3.32. The van der Waals surface area contributed by atoms with E-state index in [0.29, 0.717) is 0 Å². The number of hydrogen-bond acceptors (Lipinski definition) is 3. The molecule has 0 aliphatic carbocycles. The number of amides is 1. The molecule has 2 aromatic carbocycles. The summed E-state index contributed by atoms with van der Waals surface area (Å²) in [5, 5.41) is 8.27. The molecule has 0 radical (unpaired) electrons. The van der Waals surface area contributed by atoms with E-state index in [4.69, 9.17) is 0 Å². The molecule has 0 aliphatic heterocycles. The lowest BCUT2D eigenvalue weighted by Crippen LogP contribution is -2.24. The number of nitrogens with zero attached hydrogens (tertiary/aromatic N) is 3. The third-order valence-corrected chi connectivity index (χ3v) is 3.82. The van der Waals surface area contributed by atoms with Gasteiger partial charge in [-0.1, -0.05) is 54.6 Å². The Bertz CT molecular complexity index is 880. The molecule has 5 nitrogen and oxygen atoms in total. The molecule has 3 aromatic rings. The molecule has 1 aromatic heterocycles. The van der Waals surface area contributed by atoms with Crippen LogP contribution in [0.2, 0.25) is 0 Å². The Morgan fingerprint density at radius 2 is 1.76 bits per heavy atom. The van der Waals surface area contributed by atoms with Crippen LogP contribution in [-0.4, -0.2) is 21.9 Å². The molecule has 1 N–H and O–H groups in total. The van der Waals surface area contributed by atoms with Crippen LogP contribution in [0, 0.1) is 13.8 Å². The molecule has 0 spiro atoms. The summed E-state index contributed by atoms with van der Waals surface area (Å²) in [5.41, 5.74) is 7.62. The molecule has 0 bridgehead atoms. The average Bonchev–Trinajstić information content (AvgIpc) is 2.93. The van der Waals surface area contributed by atoms with Gasteiger partial charge in [0.05, 0.1) is 11.9 Å². The number of benzene rings is 2. The number of aryl methyl sites for hydroxylation is 2. The lowest BCUT2D eigenvalue weighted by atomic mass is 10.0. The summed E-state index contributed by atoms with van der Waals surface area (Å²) < 4.78 is 1.66. The van der Waals surface area contributed by atoms with Crippen LogP contribution in [-0.2, 0) is 11.3 Å². The number of carbonyl (C=O) groups is 1. The van der Waals surface area contributed by atoms with Crippen molar-refractivity contribution in [2.75, 3.05) is 0 Å². The highest BCUT2D eigenvalue weighted by Crippen LogP contribution is 2.18. The molecular formula is C20H20N4O. The Morgan fingerprint density at radius 3 is 2.40 bits per heavy atom. The quantitative estimate of drug-likeness (QED) is 0.575. The minimum Gasteiger partial charge on any atom is -0.271 e. The average molecular weight is 332 g/mol. The molecule has 1 heterocycles. The van der Waals surface area contributed by atoms with Gasteiger partial charge in [-0.05, 0) is 36.6 Å². The van der Waals surface area contributed by atoms with Crippen molar-refractivity contribution < 1.29 is 4.79 Å². The molecule has 0 atom stereocenters. The second-order valence-corrected chi connectivity index (χ2v) is 5.87. The number of hydrazone groups is 1. The van der Waals surface area contributed by atoms with E-state index in [1.807, 2.05) is 62.4 Å². The second-order valence-electron chi connectivity index (χ2n) is 5.87. The predicted molar refractivity (Wildman–Crippen MR) is 99.3 cm³/mol. The fourth-order valence-electron chi connectivity index (χ4n) is 2.58. The van der Waals surface area contributed by atoms with Crippen LogP contribution in [0.15, 0.2) is 65.8 Å². The third-order valence-electron chi connectivity index (χ3n) is 3.82. The Labute approximate surface area is 147 Å². The van der Waals surface area contributed by atoms with Crippen LogP contribution < -0.4 is 5.43 Å². The van der Waals surface area contributed by atoms with Crippen molar-refractivity contribution in [2.24, 2.45) is 5.10 Å². The minimum atomic E-state index is -0.205. The van der Waals surface area contributed by atoms with Crippen LogP contribution in [0.3, 0.4) is 0 Å². The Hall–Kier alpha value is -3.21. The molecule has 0 saturated heterocycles. The molecule has 0 saturated carbocycles. The summed E-state index contributed by atoms with van der Waals surface area (Å²) in [6.07, 6.45) is 1.63. The molecule has 0 unspecified atom stereocenters. The summed E-state index contributed by atoms with van der Waals surface area (Å²) in [6.45, 7) is 3.98. The summed E-state index contributed by atoms with van der Waals surface area (Å²) in [4.78, 5) is 11.9. The number of aromatic nitrogens is 2. The highest BCUT2D eigenvalue weighted by Gasteiger charge is 2.05. The first-order valence-corrected chi connectivity index (χ1v) is 8.10. The van der Waals surface area contributed by atoms with Gasteiger partial charge in [-0.2, -0.15) is 10.2 Å². The van der Waals surface area contributed by atoms with Gasteiger partial charge in [-0.25, -0.2) is 5.43 Å². The van der Waals surface area contributed by atoms with Gasteiger partial charge >= 0.3 is 0 Å². The number of nitrogens with one attached hydrogen (secondary N) is 1. The summed E-state index contributed by atoms with van der Waals surface area (Å²) in [5.74, 6) is -0.205. The van der Waals surface area contributed by atoms with Gasteiger partial charge in [-0.3, -0.25) is 9.48 Å². The molecule has 5 heteroatoms. The maximum atomic E-state index is 11.9. The lowest BCUT2D eigenvalue weighted by Gasteiger charge is -2.03. The third kappa shape index (κ3) is 4.41. The van der Waals surface area contributed by atoms with Crippen molar-refractivity contribution in [3.63, 3.8) is 0 Å². The molecule has 0 aliphatic rings. The monoisotopic (exact) mass is 332 g/mol. The maximum Gasteiger partial charge on any atom is 0.261 e. The highest BCUT2D eigenvalue weighted by atomic mass is 16.2. The van der Waals surface area contributed by atoms with E-state index in [1.54, 1.807) is 10.9 Å². The van der Waals surface area contributed by atoms with Crippen molar-refractivity contribution >= 4 is 12.1 Å². The van der Waals surface area contributed by atoms with Gasteiger partial charge in [0, 0.05) is 5.69 Å².